The van der Waals surface area contributed by atoms with Crippen LogP contribution in [0.15, 0.2) is 40.9 Å². The number of ether oxygens (including phenoxy) is 1. The third kappa shape index (κ3) is 5.11. The molecule has 146 valence electrons. The van der Waals surface area contributed by atoms with Gasteiger partial charge >= 0.3 is 0 Å². The van der Waals surface area contributed by atoms with Crippen molar-refractivity contribution in [2.24, 2.45) is 12.8 Å². The summed E-state index contributed by atoms with van der Waals surface area (Å²) in [6.45, 7) is 2.17. The fraction of sp³-hybridized carbons (Fsp3) is 0.222. The zero-order valence-electron chi connectivity index (χ0n) is 15.3. The average molecular weight is 418 g/mol. The minimum atomic E-state index is -0.395. The highest BCUT2D eigenvalue weighted by Crippen LogP contribution is 2.32. The molecule has 8 nitrogen and oxygen atoms in total. The number of aromatic nitrogens is 3. The van der Waals surface area contributed by atoms with Crippen molar-refractivity contribution in [2.75, 3.05) is 11.1 Å². The van der Waals surface area contributed by atoms with Crippen molar-refractivity contribution in [3.8, 4) is 5.75 Å². The van der Waals surface area contributed by atoms with Crippen molar-refractivity contribution in [2.45, 2.75) is 17.7 Å². The van der Waals surface area contributed by atoms with E-state index in [0.717, 1.165) is 15.7 Å². The molecule has 0 saturated heterocycles. The predicted octanol–water partition coefficient (Wildman–Crippen LogP) is 2.59. The fourth-order valence-corrected chi connectivity index (χ4v) is 4.13. The maximum absolute atomic E-state index is 12.4. The number of primary amides is 1. The highest BCUT2D eigenvalue weighted by Gasteiger charge is 2.13. The van der Waals surface area contributed by atoms with Gasteiger partial charge < -0.3 is 15.0 Å². The van der Waals surface area contributed by atoms with Gasteiger partial charge in [0.1, 0.15) is 18.2 Å². The molecule has 2 amide bonds. The summed E-state index contributed by atoms with van der Waals surface area (Å²) in [5, 5.41) is 3.25. The van der Waals surface area contributed by atoms with Gasteiger partial charge in [0, 0.05) is 25.0 Å². The van der Waals surface area contributed by atoms with E-state index >= 15 is 0 Å². The number of amides is 2. The summed E-state index contributed by atoms with van der Waals surface area (Å²) in [7, 11) is 1.90. The molecule has 0 atom stereocenters. The van der Waals surface area contributed by atoms with E-state index in [1.807, 2.05) is 24.7 Å². The maximum Gasteiger partial charge on any atom is 0.257 e. The Balaban J connectivity index is 1.58. The molecule has 3 rings (SSSR count). The summed E-state index contributed by atoms with van der Waals surface area (Å²) >= 11 is 2.63. The first kappa shape index (κ1) is 19.9. The number of nitrogens with zero attached hydrogens (tertiary/aromatic N) is 3. The number of thiazole rings is 1. The van der Waals surface area contributed by atoms with Gasteiger partial charge in [-0.25, -0.2) is 9.97 Å². The first-order chi connectivity index (χ1) is 13.4. The molecular formula is C18H19N5O3S2. The summed E-state index contributed by atoms with van der Waals surface area (Å²) in [4.78, 5) is 31.8. The van der Waals surface area contributed by atoms with E-state index in [0.29, 0.717) is 23.1 Å². The van der Waals surface area contributed by atoms with Crippen LogP contribution in [-0.2, 0) is 18.4 Å². The standard InChI is InChI=1S/C18H19N5O3S2/c1-11-17(27-10-14(19)24)28-18(21-11)22-16(25)12-3-5-13(6-4-12)26-9-15-20-7-8-23(15)2/h3-8H,9-10H2,1-2H3,(H2,19,24)(H,21,22,25). The summed E-state index contributed by atoms with van der Waals surface area (Å²) in [6, 6.07) is 6.84. The lowest BCUT2D eigenvalue weighted by Gasteiger charge is -2.07. The highest BCUT2D eigenvalue weighted by molar-refractivity contribution is 8.01. The van der Waals surface area contributed by atoms with Crippen molar-refractivity contribution in [3.05, 3.63) is 53.7 Å². The molecule has 10 heteroatoms. The van der Waals surface area contributed by atoms with Gasteiger partial charge in [0.25, 0.3) is 5.91 Å². The maximum atomic E-state index is 12.4. The zero-order chi connectivity index (χ0) is 20.1. The molecule has 0 aliphatic carbocycles. The smallest absolute Gasteiger partial charge is 0.257 e. The SMILES string of the molecule is Cc1nc(NC(=O)c2ccc(OCc3nccn3C)cc2)sc1SCC(N)=O. The van der Waals surface area contributed by atoms with E-state index in [4.69, 9.17) is 10.5 Å². The molecule has 0 aliphatic rings. The Morgan fingerprint density at radius 3 is 2.71 bits per heavy atom. The van der Waals surface area contributed by atoms with Crippen LogP contribution in [0.4, 0.5) is 5.13 Å². The second-order valence-corrected chi connectivity index (χ2v) is 8.11. The Labute approximate surface area is 170 Å². The number of nitrogens with one attached hydrogen (secondary N) is 1. The van der Waals surface area contributed by atoms with E-state index in [-0.39, 0.29) is 11.7 Å². The Morgan fingerprint density at radius 2 is 2.07 bits per heavy atom. The molecule has 2 aromatic heterocycles. The molecule has 0 radical (unpaired) electrons. The molecule has 0 spiro atoms. The van der Waals surface area contributed by atoms with Crippen LogP contribution in [0.3, 0.4) is 0 Å². The largest absolute Gasteiger partial charge is 0.486 e. The molecule has 28 heavy (non-hydrogen) atoms. The predicted molar refractivity (Wildman–Crippen MR) is 109 cm³/mol. The van der Waals surface area contributed by atoms with Crippen LogP contribution < -0.4 is 15.8 Å². The number of anilines is 1. The quantitative estimate of drug-likeness (QED) is 0.545. The number of thioether (sulfide) groups is 1. The van der Waals surface area contributed by atoms with Crippen molar-refractivity contribution >= 4 is 40.0 Å². The van der Waals surface area contributed by atoms with Crippen molar-refractivity contribution in [1.82, 2.24) is 14.5 Å². The lowest BCUT2D eigenvalue weighted by atomic mass is 10.2. The Kier molecular flexibility index (Phi) is 6.32. The van der Waals surface area contributed by atoms with E-state index in [9.17, 15) is 9.59 Å². The number of imidazole rings is 1. The summed E-state index contributed by atoms with van der Waals surface area (Å²) < 4.78 is 8.42. The van der Waals surface area contributed by atoms with Crippen LogP contribution in [0.25, 0.3) is 0 Å². The number of hydrogen-bond acceptors (Lipinski definition) is 7. The van der Waals surface area contributed by atoms with Crippen LogP contribution in [-0.4, -0.2) is 32.1 Å². The molecule has 0 fully saturated rings. The van der Waals surface area contributed by atoms with Gasteiger partial charge in [0.2, 0.25) is 5.91 Å². The first-order valence-corrected chi connectivity index (χ1v) is 10.1. The molecule has 0 saturated carbocycles. The van der Waals surface area contributed by atoms with Gasteiger partial charge in [-0.1, -0.05) is 11.3 Å². The summed E-state index contributed by atoms with van der Waals surface area (Å²) in [5.41, 5.74) is 6.41. The molecule has 0 aliphatic heterocycles. The van der Waals surface area contributed by atoms with E-state index in [1.54, 1.807) is 30.5 Å². The highest BCUT2D eigenvalue weighted by atomic mass is 32.2. The molecule has 0 unspecified atom stereocenters. The van der Waals surface area contributed by atoms with Crippen LogP contribution >= 0.6 is 23.1 Å². The van der Waals surface area contributed by atoms with E-state index in [1.165, 1.54) is 23.1 Å². The average Bonchev–Trinajstić information content (AvgIpc) is 3.23. The van der Waals surface area contributed by atoms with Gasteiger partial charge in [-0.3, -0.25) is 14.9 Å². The number of hydrogen-bond donors (Lipinski definition) is 2. The van der Waals surface area contributed by atoms with Crippen molar-refractivity contribution in [1.29, 1.82) is 0 Å². The van der Waals surface area contributed by atoms with Gasteiger partial charge in [-0.15, -0.1) is 11.8 Å². The third-order valence-electron chi connectivity index (χ3n) is 3.73. The van der Waals surface area contributed by atoms with Crippen LogP contribution in [0.1, 0.15) is 21.9 Å². The summed E-state index contributed by atoms with van der Waals surface area (Å²) in [5.74, 6) is 0.973. The number of carbonyl (C=O) groups is 2. The van der Waals surface area contributed by atoms with Gasteiger partial charge in [-0.2, -0.15) is 0 Å². The van der Waals surface area contributed by atoms with Gasteiger partial charge in [0.15, 0.2) is 5.13 Å². The lowest BCUT2D eigenvalue weighted by molar-refractivity contribution is -0.115. The molecular weight excluding hydrogens is 398 g/mol. The topological polar surface area (TPSA) is 112 Å². The number of rotatable bonds is 8. The van der Waals surface area contributed by atoms with E-state index in [2.05, 4.69) is 15.3 Å². The van der Waals surface area contributed by atoms with Crippen LogP contribution in [0, 0.1) is 6.92 Å². The normalized spacial score (nSPS) is 10.6. The molecule has 1 aromatic carbocycles. The van der Waals surface area contributed by atoms with Crippen LogP contribution in [0.2, 0.25) is 0 Å². The number of benzene rings is 1. The monoisotopic (exact) mass is 417 g/mol. The third-order valence-corrected chi connectivity index (χ3v) is 6.18. The Hall–Kier alpha value is -2.85. The Bertz CT molecular complexity index is 982. The van der Waals surface area contributed by atoms with Gasteiger partial charge in [0.05, 0.1) is 15.7 Å². The number of carbonyl (C=O) groups excluding carboxylic acids is 2. The first-order valence-electron chi connectivity index (χ1n) is 8.31. The Morgan fingerprint density at radius 1 is 1.32 bits per heavy atom. The molecule has 3 N–H and O–H groups in total. The van der Waals surface area contributed by atoms with Crippen molar-refractivity contribution < 1.29 is 14.3 Å². The number of nitrogens with two attached hydrogens (primary N) is 1. The minimum absolute atomic E-state index is 0.177. The molecule has 3 aromatic rings. The molecule has 0 bridgehead atoms. The second-order valence-electron chi connectivity index (χ2n) is 5.87. The van der Waals surface area contributed by atoms with Crippen LogP contribution in [0.5, 0.6) is 5.75 Å². The summed E-state index contributed by atoms with van der Waals surface area (Å²) in [6.07, 6.45) is 3.56. The lowest BCUT2D eigenvalue weighted by Crippen LogP contribution is -2.12. The van der Waals surface area contributed by atoms with Gasteiger partial charge in [-0.05, 0) is 31.2 Å². The fourth-order valence-electron chi connectivity index (χ4n) is 2.26. The second kappa shape index (κ2) is 8.89. The molecule has 2 heterocycles. The zero-order valence-corrected chi connectivity index (χ0v) is 17.0. The minimum Gasteiger partial charge on any atom is -0.486 e. The number of aryl methyl sites for hydroxylation is 2. The van der Waals surface area contributed by atoms with Crippen molar-refractivity contribution in [3.63, 3.8) is 0 Å². The van der Waals surface area contributed by atoms with E-state index < -0.39 is 5.91 Å².